The van der Waals surface area contributed by atoms with Crippen LogP contribution in [0, 0.1) is 0 Å². The number of carbonyl (C=O) groups is 2. The minimum Gasteiger partial charge on any atom is -0.493 e. The molecule has 3 aromatic rings. The number of hydrogen-bond donors (Lipinski definition) is 3. The van der Waals surface area contributed by atoms with Crippen LogP contribution in [0.25, 0.3) is 5.69 Å². The van der Waals surface area contributed by atoms with E-state index < -0.39 is 36.5 Å². The molecular formula is C20H15ClF3N3O5. The van der Waals surface area contributed by atoms with Gasteiger partial charge in [0.25, 0.3) is 5.91 Å². The highest BCUT2D eigenvalue weighted by Gasteiger charge is 2.31. The van der Waals surface area contributed by atoms with Crippen molar-refractivity contribution in [3.63, 3.8) is 0 Å². The van der Waals surface area contributed by atoms with Gasteiger partial charge in [-0.3, -0.25) is 9.59 Å². The monoisotopic (exact) mass is 469 g/mol. The first kappa shape index (κ1) is 22.9. The molecule has 0 fully saturated rings. The Hall–Kier alpha value is -3.73. The Balaban J connectivity index is 1.82. The summed E-state index contributed by atoms with van der Waals surface area (Å²) < 4.78 is 41.8. The van der Waals surface area contributed by atoms with Gasteiger partial charge in [-0.15, -0.1) is 13.2 Å². The summed E-state index contributed by atoms with van der Waals surface area (Å²) in [6, 6.07) is 10.8. The number of para-hydroxylation sites is 1. The number of aliphatic carboxylic acids is 1. The second kappa shape index (κ2) is 9.18. The SMILES string of the molecule is O=C(O)CC(NC(=O)c1cc(O)n(-c2ccccc2Cl)n1)c1ccc(OC(F)(F)F)cc1. The number of alkyl halides is 3. The zero-order valence-corrected chi connectivity index (χ0v) is 16.8. The van der Waals surface area contributed by atoms with Crippen LogP contribution in [0.1, 0.15) is 28.5 Å². The molecule has 0 aliphatic rings. The van der Waals surface area contributed by atoms with Gasteiger partial charge < -0.3 is 20.3 Å². The Kier molecular flexibility index (Phi) is 6.58. The van der Waals surface area contributed by atoms with Gasteiger partial charge in [0.1, 0.15) is 5.75 Å². The fourth-order valence-corrected chi connectivity index (χ4v) is 3.06. The van der Waals surface area contributed by atoms with E-state index in [1.807, 2.05) is 0 Å². The maximum Gasteiger partial charge on any atom is 0.573 e. The molecule has 168 valence electrons. The highest BCUT2D eigenvalue weighted by Crippen LogP contribution is 2.27. The largest absolute Gasteiger partial charge is 0.573 e. The van der Waals surface area contributed by atoms with Crippen molar-refractivity contribution in [2.75, 3.05) is 0 Å². The molecule has 3 rings (SSSR count). The van der Waals surface area contributed by atoms with Gasteiger partial charge in [0, 0.05) is 6.07 Å². The van der Waals surface area contributed by atoms with Crippen molar-refractivity contribution >= 4 is 23.5 Å². The summed E-state index contributed by atoms with van der Waals surface area (Å²) >= 11 is 6.08. The first-order valence-corrected chi connectivity index (χ1v) is 9.33. The first-order valence-electron chi connectivity index (χ1n) is 8.96. The molecule has 0 radical (unpaired) electrons. The predicted octanol–water partition coefficient (Wildman–Crippen LogP) is 4.08. The van der Waals surface area contributed by atoms with Crippen molar-refractivity contribution in [1.29, 1.82) is 0 Å². The molecule has 8 nitrogen and oxygen atoms in total. The van der Waals surface area contributed by atoms with Gasteiger partial charge in [0.05, 0.1) is 23.2 Å². The van der Waals surface area contributed by atoms with Crippen LogP contribution < -0.4 is 10.1 Å². The zero-order valence-electron chi connectivity index (χ0n) is 16.0. The highest BCUT2D eigenvalue weighted by molar-refractivity contribution is 6.32. The number of carbonyl (C=O) groups excluding carboxylic acids is 1. The molecule has 12 heteroatoms. The minimum absolute atomic E-state index is 0.227. The van der Waals surface area contributed by atoms with Gasteiger partial charge in [-0.2, -0.15) is 9.78 Å². The lowest BCUT2D eigenvalue weighted by Gasteiger charge is -2.17. The summed E-state index contributed by atoms with van der Waals surface area (Å²) in [6.07, 6.45) is -5.43. The Morgan fingerprint density at radius 3 is 2.41 bits per heavy atom. The van der Waals surface area contributed by atoms with E-state index in [9.17, 15) is 27.9 Å². The van der Waals surface area contributed by atoms with Crippen molar-refractivity contribution in [2.24, 2.45) is 0 Å². The Labute approximate surface area is 183 Å². The van der Waals surface area contributed by atoms with Crippen LogP contribution in [-0.2, 0) is 4.79 Å². The average Bonchev–Trinajstić information content (AvgIpc) is 3.08. The fraction of sp³-hybridized carbons (Fsp3) is 0.150. The van der Waals surface area contributed by atoms with Gasteiger partial charge in [0.2, 0.25) is 5.88 Å². The van der Waals surface area contributed by atoms with Crippen molar-refractivity contribution < 1.29 is 37.7 Å². The first-order chi connectivity index (χ1) is 15.0. The standard InChI is InChI=1S/C20H15ClF3N3O5/c21-13-3-1-2-4-16(13)27-17(28)9-15(26-27)19(31)25-14(10-18(29)30)11-5-7-12(8-6-11)32-20(22,23)24/h1-9,14,28H,10H2,(H,25,31)(H,29,30). The smallest absolute Gasteiger partial charge is 0.493 e. The van der Waals surface area contributed by atoms with E-state index in [0.717, 1.165) is 22.9 Å². The van der Waals surface area contributed by atoms with Crippen molar-refractivity contribution in [2.45, 2.75) is 18.8 Å². The number of nitrogens with one attached hydrogen (secondary N) is 1. The van der Waals surface area contributed by atoms with E-state index >= 15 is 0 Å². The van der Waals surface area contributed by atoms with Crippen molar-refractivity contribution in [3.8, 4) is 17.3 Å². The lowest BCUT2D eigenvalue weighted by atomic mass is 10.0. The second-order valence-corrected chi connectivity index (χ2v) is 6.90. The molecular weight excluding hydrogens is 455 g/mol. The number of nitrogens with zero attached hydrogens (tertiary/aromatic N) is 2. The number of rotatable bonds is 7. The third-order valence-corrected chi connectivity index (χ3v) is 4.52. The number of carboxylic acid groups (broad SMARTS) is 1. The van der Waals surface area contributed by atoms with Gasteiger partial charge in [-0.1, -0.05) is 35.9 Å². The number of halogens is 4. The van der Waals surface area contributed by atoms with Gasteiger partial charge >= 0.3 is 12.3 Å². The summed E-state index contributed by atoms with van der Waals surface area (Å²) in [5.74, 6) is -2.94. The number of aromatic hydroxyl groups is 1. The van der Waals surface area contributed by atoms with E-state index in [1.54, 1.807) is 24.3 Å². The van der Waals surface area contributed by atoms with E-state index in [2.05, 4.69) is 15.2 Å². The summed E-state index contributed by atoms with van der Waals surface area (Å²) in [6.45, 7) is 0. The summed E-state index contributed by atoms with van der Waals surface area (Å²) in [5.41, 5.74) is 0.313. The van der Waals surface area contributed by atoms with Crippen LogP contribution in [0.3, 0.4) is 0 Å². The molecule has 1 atom stereocenters. The summed E-state index contributed by atoms with van der Waals surface area (Å²) in [5, 5.41) is 26.0. The van der Waals surface area contributed by atoms with Crippen molar-refractivity contribution in [1.82, 2.24) is 15.1 Å². The van der Waals surface area contributed by atoms with E-state index in [0.29, 0.717) is 5.69 Å². The molecule has 1 amide bonds. The number of hydrogen-bond acceptors (Lipinski definition) is 5. The zero-order chi connectivity index (χ0) is 23.5. The minimum atomic E-state index is -4.88. The number of ether oxygens (including phenoxy) is 1. The lowest BCUT2D eigenvalue weighted by Crippen LogP contribution is -2.30. The molecule has 3 N–H and O–H groups in total. The van der Waals surface area contributed by atoms with E-state index in [1.165, 1.54) is 12.1 Å². The Morgan fingerprint density at radius 2 is 1.81 bits per heavy atom. The topological polar surface area (TPSA) is 114 Å². The molecule has 1 unspecified atom stereocenters. The van der Waals surface area contributed by atoms with E-state index in [4.69, 9.17) is 16.7 Å². The Morgan fingerprint density at radius 1 is 1.16 bits per heavy atom. The van der Waals surface area contributed by atoms with Crippen LogP contribution >= 0.6 is 11.6 Å². The third-order valence-electron chi connectivity index (χ3n) is 4.20. The fourth-order valence-electron chi connectivity index (χ4n) is 2.84. The number of carboxylic acids is 1. The van der Waals surface area contributed by atoms with Gasteiger partial charge in [-0.05, 0) is 29.8 Å². The van der Waals surface area contributed by atoms with Crippen LogP contribution in [-0.4, -0.2) is 38.2 Å². The average molecular weight is 470 g/mol. The molecule has 2 aromatic carbocycles. The van der Waals surface area contributed by atoms with E-state index in [-0.39, 0.29) is 22.2 Å². The molecule has 0 saturated heterocycles. The quantitative estimate of drug-likeness (QED) is 0.480. The van der Waals surface area contributed by atoms with Gasteiger partial charge in [-0.25, -0.2) is 0 Å². The molecule has 0 aliphatic carbocycles. The molecule has 1 aromatic heterocycles. The normalized spacial score (nSPS) is 12.2. The number of aromatic nitrogens is 2. The Bertz CT molecular complexity index is 1130. The van der Waals surface area contributed by atoms with Gasteiger partial charge in [0.15, 0.2) is 5.69 Å². The van der Waals surface area contributed by atoms with Crippen LogP contribution in [0.5, 0.6) is 11.6 Å². The predicted molar refractivity (Wildman–Crippen MR) is 106 cm³/mol. The molecule has 1 heterocycles. The maximum atomic E-state index is 12.6. The second-order valence-electron chi connectivity index (χ2n) is 6.49. The van der Waals surface area contributed by atoms with Crippen molar-refractivity contribution in [3.05, 3.63) is 70.9 Å². The number of amides is 1. The molecule has 0 bridgehead atoms. The van der Waals surface area contributed by atoms with Crippen LogP contribution in [0.4, 0.5) is 13.2 Å². The molecule has 32 heavy (non-hydrogen) atoms. The van der Waals surface area contributed by atoms with Crippen LogP contribution in [0.2, 0.25) is 5.02 Å². The highest BCUT2D eigenvalue weighted by atomic mass is 35.5. The lowest BCUT2D eigenvalue weighted by molar-refractivity contribution is -0.274. The van der Waals surface area contributed by atoms with Crippen LogP contribution in [0.15, 0.2) is 54.6 Å². The molecule has 0 aliphatic heterocycles. The maximum absolute atomic E-state index is 12.6. The third kappa shape index (κ3) is 5.70. The molecule has 0 spiro atoms. The number of benzene rings is 2. The molecule has 0 saturated carbocycles. The summed E-state index contributed by atoms with van der Waals surface area (Å²) in [7, 11) is 0. The summed E-state index contributed by atoms with van der Waals surface area (Å²) in [4.78, 5) is 23.9.